The Balaban J connectivity index is 3.38. The number of hydrogen-bond acceptors (Lipinski definition) is 3. The van der Waals surface area contributed by atoms with Gasteiger partial charge in [0, 0.05) is 6.42 Å². The molecule has 0 bridgehead atoms. The predicted octanol–water partition coefficient (Wildman–Crippen LogP) is 4.19. The number of ether oxygens (including phenoxy) is 1. The zero-order chi connectivity index (χ0) is 13.9. The molecule has 0 aliphatic rings. The Kier molecular flexibility index (Phi) is 10.5. The molecule has 0 aromatic carbocycles. The van der Waals surface area contributed by atoms with Crippen LogP contribution in [0.2, 0.25) is 0 Å². The zero-order valence-electron chi connectivity index (χ0n) is 12.1. The highest BCUT2D eigenvalue weighted by Gasteiger charge is 2.18. The van der Waals surface area contributed by atoms with Crippen molar-refractivity contribution in [2.24, 2.45) is 0 Å². The van der Waals surface area contributed by atoms with Gasteiger partial charge in [-0.2, -0.15) is 0 Å². The van der Waals surface area contributed by atoms with Crippen molar-refractivity contribution in [1.29, 1.82) is 0 Å². The molecule has 0 aromatic heterocycles. The van der Waals surface area contributed by atoms with Crippen molar-refractivity contribution >= 4 is 17.7 Å². The molecule has 0 amide bonds. The van der Waals surface area contributed by atoms with Gasteiger partial charge in [0.25, 0.3) is 0 Å². The fourth-order valence-electron chi connectivity index (χ4n) is 1.59. The molecule has 0 aliphatic carbocycles. The third-order valence-corrected chi connectivity index (χ3v) is 3.35. The number of unbranched alkanes of at least 4 members (excludes halogenated alkanes) is 6. The predicted molar refractivity (Wildman–Crippen MR) is 76.6 cm³/mol. The van der Waals surface area contributed by atoms with Crippen LogP contribution in [0.3, 0.4) is 0 Å². The maximum absolute atomic E-state index is 11.4. The van der Waals surface area contributed by atoms with Gasteiger partial charge in [0.1, 0.15) is 6.61 Å². The summed E-state index contributed by atoms with van der Waals surface area (Å²) >= 11 is 5.52. The highest BCUT2D eigenvalue weighted by Crippen LogP contribution is 2.10. The molecule has 108 valence electrons. The van der Waals surface area contributed by atoms with Gasteiger partial charge in [-0.05, 0) is 32.0 Å². The van der Waals surface area contributed by atoms with Crippen molar-refractivity contribution in [2.75, 3.05) is 6.61 Å². The van der Waals surface area contributed by atoms with E-state index < -0.39 is 0 Å². The largest absolute Gasteiger partial charge is 0.464 e. The van der Waals surface area contributed by atoms with Crippen LogP contribution in [0.4, 0.5) is 0 Å². The summed E-state index contributed by atoms with van der Waals surface area (Å²) in [5, 5.41) is 0. The topological polar surface area (TPSA) is 38.3 Å². The molecule has 18 heavy (non-hydrogen) atoms. The van der Waals surface area contributed by atoms with E-state index in [9.17, 15) is 4.79 Å². The van der Waals surface area contributed by atoms with Crippen LogP contribution in [0.1, 0.15) is 72.1 Å². The summed E-state index contributed by atoms with van der Waals surface area (Å²) in [6, 6.07) is 0. The lowest BCUT2D eigenvalue weighted by atomic mass is 10.1. The molecule has 0 radical (unpaired) electrons. The molecule has 0 atom stereocenters. The van der Waals surface area contributed by atoms with Crippen LogP contribution in [0.15, 0.2) is 0 Å². The third-order valence-electron chi connectivity index (χ3n) is 2.83. The minimum atomic E-state index is -0.364. The van der Waals surface area contributed by atoms with E-state index in [1.165, 1.54) is 32.1 Å². The molecule has 0 unspecified atom stereocenters. The van der Waals surface area contributed by atoms with Crippen LogP contribution in [0.5, 0.6) is 0 Å². The molecule has 4 heteroatoms. The molecular weight excluding hydrogens is 250 g/mol. The highest BCUT2D eigenvalue weighted by atomic mass is 35.5. The van der Waals surface area contributed by atoms with Crippen molar-refractivity contribution in [3.05, 3.63) is 0 Å². The van der Waals surface area contributed by atoms with Gasteiger partial charge in [0.05, 0.1) is 5.54 Å². The first-order valence-corrected chi connectivity index (χ1v) is 7.43. The van der Waals surface area contributed by atoms with Crippen LogP contribution < -0.4 is 4.84 Å². The van der Waals surface area contributed by atoms with E-state index in [4.69, 9.17) is 16.5 Å². The fourth-order valence-corrected chi connectivity index (χ4v) is 1.64. The molecule has 0 saturated carbocycles. The molecule has 1 N–H and O–H groups in total. The third kappa shape index (κ3) is 10.8. The van der Waals surface area contributed by atoms with Gasteiger partial charge < -0.3 is 4.74 Å². The number of carbonyl (C=O) groups excluding carboxylic acids is 1. The van der Waals surface area contributed by atoms with Crippen molar-refractivity contribution in [3.63, 3.8) is 0 Å². The second-order valence-corrected chi connectivity index (χ2v) is 5.70. The quantitative estimate of drug-likeness (QED) is 0.350. The van der Waals surface area contributed by atoms with Crippen molar-refractivity contribution < 1.29 is 9.53 Å². The maximum atomic E-state index is 11.4. The monoisotopic (exact) mass is 277 g/mol. The first-order chi connectivity index (χ1) is 8.52. The average molecular weight is 278 g/mol. The molecule has 0 rings (SSSR count). The number of esters is 1. The fraction of sp³-hybridized carbons (Fsp3) is 0.929. The minimum absolute atomic E-state index is 0.122. The van der Waals surface area contributed by atoms with Gasteiger partial charge >= 0.3 is 5.97 Å². The molecule has 3 nitrogen and oxygen atoms in total. The van der Waals surface area contributed by atoms with E-state index >= 15 is 0 Å². The Hall–Kier alpha value is -0.280. The average Bonchev–Trinajstić information content (AvgIpc) is 2.35. The summed E-state index contributed by atoms with van der Waals surface area (Å²) in [5.41, 5.74) is -0.364. The molecule has 0 saturated heterocycles. The SMILES string of the molecule is CCCCCCCCCC(=O)OCC(C)(C)NCl. The number of rotatable bonds is 11. The van der Waals surface area contributed by atoms with Gasteiger partial charge in [-0.15, -0.1) is 0 Å². The molecule has 0 aliphatic heterocycles. The van der Waals surface area contributed by atoms with E-state index in [-0.39, 0.29) is 11.5 Å². The van der Waals surface area contributed by atoms with Crippen LogP contribution in [-0.2, 0) is 9.53 Å². The Morgan fingerprint density at radius 3 is 2.22 bits per heavy atom. The normalized spacial score (nSPS) is 11.6. The summed E-state index contributed by atoms with van der Waals surface area (Å²) in [7, 11) is 0. The lowest BCUT2D eigenvalue weighted by molar-refractivity contribution is -0.145. The lowest BCUT2D eigenvalue weighted by Gasteiger charge is -2.21. The van der Waals surface area contributed by atoms with Crippen LogP contribution in [0, 0.1) is 0 Å². The molecule has 0 fully saturated rings. The zero-order valence-corrected chi connectivity index (χ0v) is 12.8. The first kappa shape index (κ1) is 17.7. The Morgan fingerprint density at radius 2 is 1.67 bits per heavy atom. The second-order valence-electron chi connectivity index (χ2n) is 5.51. The second kappa shape index (κ2) is 10.6. The Morgan fingerprint density at radius 1 is 1.11 bits per heavy atom. The number of halogens is 1. The lowest BCUT2D eigenvalue weighted by Crippen LogP contribution is -2.38. The molecule has 0 heterocycles. The van der Waals surface area contributed by atoms with Gasteiger partial charge in [-0.3, -0.25) is 4.79 Å². The Labute approximate surface area is 117 Å². The van der Waals surface area contributed by atoms with Gasteiger partial charge in [0.2, 0.25) is 0 Å². The minimum Gasteiger partial charge on any atom is -0.464 e. The van der Waals surface area contributed by atoms with Crippen molar-refractivity contribution in [1.82, 2.24) is 4.84 Å². The van der Waals surface area contributed by atoms with Gasteiger partial charge in [-0.25, -0.2) is 4.84 Å². The van der Waals surface area contributed by atoms with Gasteiger partial charge in [0.15, 0.2) is 0 Å². The Bertz CT molecular complexity index is 220. The summed E-state index contributed by atoms with van der Waals surface area (Å²) < 4.78 is 5.16. The van der Waals surface area contributed by atoms with Crippen LogP contribution in [0.25, 0.3) is 0 Å². The summed E-state index contributed by atoms with van der Waals surface area (Å²) in [4.78, 5) is 14.0. The van der Waals surface area contributed by atoms with Crippen LogP contribution >= 0.6 is 11.8 Å². The van der Waals surface area contributed by atoms with Gasteiger partial charge in [-0.1, -0.05) is 45.4 Å². The molecule has 0 aromatic rings. The van der Waals surface area contributed by atoms with E-state index in [1.807, 2.05) is 13.8 Å². The molecule has 0 spiro atoms. The van der Waals surface area contributed by atoms with E-state index in [0.717, 1.165) is 12.8 Å². The molecular formula is C14H28ClNO2. The standard InChI is InChI=1S/C14H28ClNO2/c1-4-5-6-7-8-9-10-11-13(17)18-12-14(2,3)16-15/h16H,4-12H2,1-3H3. The van der Waals surface area contributed by atoms with Crippen molar-refractivity contribution in [3.8, 4) is 0 Å². The summed E-state index contributed by atoms with van der Waals surface area (Å²) in [6.45, 7) is 6.31. The number of hydrogen-bond donors (Lipinski definition) is 1. The number of carbonyl (C=O) groups is 1. The summed E-state index contributed by atoms with van der Waals surface area (Å²) in [5.74, 6) is -0.122. The first-order valence-electron chi connectivity index (χ1n) is 7.05. The van der Waals surface area contributed by atoms with Crippen molar-refractivity contribution in [2.45, 2.75) is 77.7 Å². The number of nitrogens with one attached hydrogen (secondary N) is 1. The van der Waals surface area contributed by atoms with Crippen LogP contribution in [-0.4, -0.2) is 18.1 Å². The smallest absolute Gasteiger partial charge is 0.305 e. The van der Waals surface area contributed by atoms with E-state index in [0.29, 0.717) is 13.0 Å². The summed E-state index contributed by atoms with van der Waals surface area (Å²) in [6.07, 6.45) is 8.99. The highest BCUT2D eigenvalue weighted by molar-refractivity contribution is 6.13. The van der Waals surface area contributed by atoms with E-state index in [1.54, 1.807) is 0 Å². The van der Waals surface area contributed by atoms with E-state index in [2.05, 4.69) is 11.8 Å². The maximum Gasteiger partial charge on any atom is 0.305 e.